The molecule has 2 atom stereocenters. The third-order valence-electron chi connectivity index (χ3n) is 5.29. The minimum Gasteiger partial charge on any atom is -0.387 e. The van der Waals surface area contributed by atoms with Gasteiger partial charge in [-0.25, -0.2) is 14.4 Å². The van der Waals surface area contributed by atoms with E-state index in [1.807, 2.05) is 4.90 Å². The maximum Gasteiger partial charge on any atom is 0.219 e. The molecule has 0 unspecified atom stereocenters. The Morgan fingerprint density at radius 2 is 1.96 bits per heavy atom. The Morgan fingerprint density at radius 1 is 1.25 bits per heavy atom. The minimum absolute atomic E-state index is 0.0497. The van der Waals surface area contributed by atoms with Crippen molar-refractivity contribution in [2.24, 2.45) is 0 Å². The predicted octanol–water partition coefficient (Wildman–Crippen LogP) is 2.55. The van der Waals surface area contributed by atoms with Gasteiger partial charge < -0.3 is 14.9 Å². The smallest absolute Gasteiger partial charge is 0.219 e. The zero-order valence-electron chi connectivity index (χ0n) is 16.2. The standard InChI is InChI=1S/C21H27FN4O2/c1-16(27)26(13-17-11-23-15-24-12-17)20-3-2-9-25(10-8-20)14-21(28)18-4-6-19(22)7-5-18/h4-7,11-12,15,20-21,28H,2-3,8-10,13-14H2,1H3/t20-,21-/m1/s1. The summed E-state index contributed by atoms with van der Waals surface area (Å²) in [4.78, 5) is 24.4. The van der Waals surface area contributed by atoms with Crippen LogP contribution < -0.4 is 0 Å². The van der Waals surface area contributed by atoms with Crippen LogP contribution in [0.2, 0.25) is 0 Å². The van der Waals surface area contributed by atoms with Crippen LogP contribution in [0.3, 0.4) is 0 Å². The first-order chi connectivity index (χ1) is 13.5. The number of hydrogen-bond acceptors (Lipinski definition) is 5. The number of aromatic nitrogens is 2. The van der Waals surface area contributed by atoms with Gasteiger partial charge in [0.1, 0.15) is 12.1 Å². The van der Waals surface area contributed by atoms with Crippen molar-refractivity contribution < 1.29 is 14.3 Å². The second-order valence-corrected chi connectivity index (χ2v) is 7.35. The normalized spacial score (nSPS) is 19.0. The van der Waals surface area contributed by atoms with E-state index in [1.165, 1.54) is 18.5 Å². The molecule has 0 aliphatic carbocycles. The molecular formula is C21H27FN4O2. The number of benzene rings is 1. The number of aliphatic hydroxyl groups is 1. The molecule has 3 rings (SSSR count). The number of nitrogens with zero attached hydrogens (tertiary/aromatic N) is 4. The lowest BCUT2D eigenvalue weighted by Gasteiger charge is -2.30. The predicted molar refractivity (Wildman–Crippen MR) is 104 cm³/mol. The van der Waals surface area contributed by atoms with Crippen LogP contribution in [0.5, 0.6) is 0 Å². The molecule has 6 nitrogen and oxygen atoms in total. The third-order valence-corrected chi connectivity index (χ3v) is 5.29. The van der Waals surface area contributed by atoms with Crippen LogP contribution in [0.15, 0.2) is 43.0 Å². The Balaban J connectivity index is 1.58. The highest BCUT2D eigenvalue weighted by Gasteiger charge is 2.25. The lowest BCUT2D eigenvalue weighted by molar-refractivity contribution is -0.132. The van der Waals surface area contributed by atoms with Crippen molar-refractivity contribution in [1.82, 2.24) is 19.8 Å². The van der Waals surface area contributed by atoms with Crippen LogP contribution in [-0.4, -0.2) is 56.5 Å². The highest BCUT2D eigenvalue weighted by atomic mass is 19.1. The molecule has 1 aliphatic heterocycles. The number of hydrogen-bond donors (Lipinski definition) is 1. The number of halogens is 1. The van der Waals surface area contributed by atoms with Crippen molar-refractivity contribution in [2.75, 3.05) is 19.6 Å². The van der Waals surface area contributed by atoms with Gasteiger partial charge in [0.25, 0.3) is 0 Å². The lowest BCUT2D eigenvalue weighted by atomic mass is 10.1. The van der Waals surface area contributed by atoms with E-state index in [0.29, 0.717) is 13.1 Å². The van der Waals surface area contributed by atoms with E-state index in [9.17, 15) is 14.3 Å². The summed E-state index contributed by atoms with van der Waals surface area (Å²) in [5, 5.41) is 10.5. The quantitative estimate of drug-likeness (QED) is 0.826. The second-order valence-electron chi connectivity index (χ2n) is 7.35. The number of aliphatic hydroxyl groups excluding tert-OH is 1. The first kappa shape index (κ1) is 20.4. The molecule has 1 aromatic carbocycles. The van der Waals surface area contributed by atoms with Gasteiger partial charge in [0.05, 0.1) is 6.10 Å². The maximum atomic E-state index is 13.1. The van der Waals surface area contributed by atoms with E-state index < -0.39 is 6.10 Å². The van der Waals surface area contributed by atoms with Gasteiger partial charge in [0, 0.05) is 50.6 Å². The zero-order chi connectivity index (χ0) is 19.9. The van der Waals surface area contributed by atoms with Crippen LogP contribution in [0.1, 0.15) is 43.4 Å². The van der Waals surface area contributed by atoms with Gasteiger partial charge in [0.2, 0.25) is 5.91 Å². The molecular weight excluding hydrogens is 359 g/mol. The number of carbonyl (C=O) groups is 1. The van der Waals surface area contributed by atoms with Crippen LogP contribution >= 0.6 is 0 Å². The van der Waals surface area contributed by atoms with Gasteiger partial charge in [0.15, 0.2) is 0 Å². The average Bonchev–Trinajstić information content (AvgIpc) is 2.92. The van der Waals surface area contributed by atoms with Crippen LogP contribution in [-0.2, 0) is 11.3 Å². The monoisotopic (exact) mass is 386 g/mol. The number of likely N-dealkylation sites (tertiary alicyclic amines) is 1. The summed E-state index contributed by atoms with van der Waals surface area (Å²) in [7, 11) is 0. The second kappa shape index (κ2) is 9.71. The number of rotatable bonds is 6. The summed E-state index contributed by atoms with van der Waals surface area (Å²) in [6.07, 6.45) is 7.05. The first-order valence-corrected chi connectivity index (χ1v) is 9.70. The SMILES string of the molecule is CC(=O)N(Cc1cncnc1)[C@@H]1CCCN(C[C@@H](O)c2ccc(F)cc2)CC1. The van der Waals surface area contributed by atoms with Crippen molar-refractivity contribution >= 4 is 5.91 Å². The fourth-order valence-corrected chi connectivity index (χ4v) is 3.77. The van der Waals surface area contributed by atoms with E-state index in [1.54, 1.807) is 31.5 Å². The molecule has 0 saturated carbocycles. The first-order valence-electron chi connectivity index (χ1n) is 9.70. The molecule has 2 heterocycles. The van der Waals surface area contributed by atoms with Crippen molar-refractivity contribution in [1.29, 1.82) is 0 Å². The van der Waals surface area contributed by atoms with Crippen molar-refractivity contribution in [3.63, 3.8) is 0 Å². The summed E-state index contributed by atoms with van der Waals surface area (Å²) in [5.41, 5.74) is 1.64. The number of β-amino-alcohol motifs (C(OH)–C–C–N with tert-alkyl or cyclic N) is 1. The topological polar surface area (TPSA) is 69.6 Å². The summed E-state index contributed by atoms with van der Waals surface area (Å²) in [6.45, 7) is 4.29. The Kier molecular flexibility index (Phi) is 7.06. The van der Waals surface area contributed by atoms with Gasteiger partial charge in [-0.15, -0.1) is 0 Å². The van der Waals surface area contributed by atoms with Crippen LogP contribution in [0.25, 0.3) is 0 Å². The lowest BCUT2D eigenvalue weighted by Crippen LogP contribution is -2.39. The molecule has 0 spiro atoms. The molecule has 2 aromatic rings. The van der Waals surface area contributed by atoms with E-state index in [0.717, 1.165) is 43.5 Å². The molecule has 0 bridgehead atoms. The summed E-state index contributed by atoms with van der Waals surface area (Å²) in [5.74, 6) is -0.254. The van der Waals surface area contributed by atoms with E-state index in [-0.39, 0.29) is 17.8 Å². The van der Waals surface area contributed by atoms with Crippen molar-refractivity contribution in [3.05, 3.63) is 59.9 Å². The number of amides is 1. The van der Waals surface area contributed by atoms with E-state index in [2.05, 4.69) is 14.9 Å². The summed E-state index contributed by atoms with van der Waals surface area (Å²) >= 11 is 0. The molecule has 1 aromatic heterocycles. The molecule has 28 heavy (non-hydrogen) atoms. The molecule has 150 valence electrons. The Hall–Kier alpha value is -2.38. The van der Waals surface area contributed by atoms with Gasteiger partial charge in [-0.3, -0.25) is 4.79 Å². The largest absolute Gasteiger partial charge is 0.387 e. The minimum atomic E-state index is -0.650. The van der Waals surface area contributed by atoms with Crippen molar-refractivity contribution in [3.8, 4) is 0 Å². The zero-order valence-corrected chi connectivity index (χ0v) is 16.2. The maximum absolute atomic E-state index is 13.1. The fourth-order valence-electron chi connectivity index (χ4n) is 3.77. The summed E-state index contributed by atoms with van der Waals surface area (Å²) < 4.78 is 13.1. The highest BCUT2D eigenvalue weighted by Crippen LogP contribution is 2.22. The van der Waals surface area contributed by atoms with Crippen molar-refractivity contribution in [2.45, 2.75) is 44.9 Å². The van der Waals surface area contributed by atoms with Gasteiger partial charge in [-0.05, 0) is 43.5 Å². The fraction of sp³-hybridized carbons (Fsp3) is 0.476. The van der Waals surface area contributed by atoms with E-state index >= 15 is 0 Å². The molecule has 1 amide bonds. The molecule has 0 radical (unpaired) electrons. The van der Waals surface area contributed by atoms with Gasteiger partial charge in [-0.1, -0.05) is 12.1 Å². The molecule has 1 saturated heterocycles. The average molecular weight is 386 g/mol. The molecule has 7 heteroatoms. The Bertz CT molecular complexity index is 757. The summed E-state index contributed by atoms with van der Waals surface area (Å²) in [6, 6.07) is 6.15. The number of carbonyl (C=O) groups excluding carboxylic acids is 1. The Morgan fingerprint density at radius 3 is 2.64 bits per heavy atom. The van der Waals surface area contributed by atoms with Gasteiger partial charge in [-0.2, -0.15) is 0 Å². The molecule has 1 N–H and O–H groups in total. The molecule has 1 fully saturated rings. The van der Waals surface area contributed by atoms with Gasteiger partial charge >= 0.3 is 0 Å². The highest BCUT2D eigenvalue weighted by molar-refractivity contribution is 5.73. The van der Waals surface area contributed by atoms with E-state index in [4.69, 9.17) is 0 Å². The molecule has 1 aliphatic rings. The third kappa shape index (κ3) is 5.56. The Labute approximate surface area is 165 Å². The van der Waals surface area contributed by atoms with Crippen LogP contribution in [0, 0.1) is 5.82 Å². The van der Waals surface area contributed by atoms with Crippen LogP contribution in [0.4, 0.5) is 4.39 Å².